The SMILES string of the molecule is CCOc1ccc(NC(=O)[C@@H]2[C@H]3C(=O)N([C@@H](CO)C(C)C)C(C(=O)NC(C)(C)C)C34S[C@@H]2CC4C)cc1. The van der Waals surface area contributed by atoms with Crippen LogP contribution in [0.25, 0.3) is 0 Å². The number of carbonyl (C=O) groups excluding carboxylic acids is 3. The number of hydrogen-bond donors (Lipinski definition) is 3. The van der Waals surface area contributed by atoms with Crippen LogP contribution in [0.4, 0.5) is 5.69 Å². The molecule has 3 heterocycles. The Labute approximate surface area is 224 Å². The van der Waals surface area contributed by atoms with E-state index < -0.39 is 34.2 Å². The Kier molecular flexibility index (Phi) is 7.60. The van der Waals surface area contributed by atoms with Gasteiger partial charge in [-0.15, -0.1) is 11.8 Å². The summed E-state index contributed by atoms with van der Waals surface area (Å²) < 4.78 is 4.77. The average molecular weight is 532 g/mol. The number of aliphatic hydroxyl groups excluding tert-OH is 1. The first-order chi connectivity index (χ1) is 17.4. The van der Waals surface area contributed by atoms with Gasteiger partial charge in [0.1, 0.15) is 11.8 Å². The van der Waals surface area contributed by atoms with E-state index in [-0.39, 0.29) is 41.4 Å². The highest BCUT2D eigenvalue weighted by molar-refractivity contribution is 8.02. The van der Waals surface area contributed by atoms with Crippen molar-refractivity contribution < 1.29 is 24.2 Å². The maximum absolute atomic E-state index is 14.2. The van der Waals surface area contributed by atoms with E-state index in [1.165, 1.54) is 0 Å². The Morgan fingerprint density at radius 1 is 1.22 bits per heavy atom. The molecule has 0 saturated carbocycles. The molecule has 37 heavy (non-hydrogen) atoms. The van der Waals surface area contributed by atoms with Crippen molar-refractivity contribution in [2.24, 2.45) is 23.7 Å². The molecule has 3 unspecified atom stereocenters. The fourth-order valence-electron chi connectivity index (χ4n) is 6.50. The third-order valence-corrected chi connectivity index (χ3v) is 10.1. The largest absolute Gasteiger partial charge is 0.494 e. The number of anilines is 1. The minimum absolute atomic E-state index is 0.0506. The van der Waals surface area contributed by atoms with Gasteiger partial charge in [-0.2, -0.15) is 0 Å². The topological polar surface area (TPSA) is 108 Å². The molecule has 204 valence electrons. The Bertz CT molecular complexity index is 1040. The molecular formula is C28H41N3O5S. The van der Waals surface area contributed by atoms with Crippen LogP contribution in [0.5, 0.6) is 5.75 Å². The summed E-state index contributed by atoms with van der Waals surface area (Å²) in [6.07, 6.45) is 0.758. The summed E-state index contributed by atoms with van der Waals surface area (Å²) in [5, 5.41) is 16.4. The molecule has 1 aromatic carbocycles. The van der Waals surface area contributed by atoms with E-state index in [9.17, 15) is 19.5 Å². The molecule has 4 rings (SSSR count). The molecule has 0 radical (unpaired) electrons. The number of nitrogens with zero attached hydrogens (tertiary/aromatic N) is 1. The van der Waals surface area contributed by atoms with E-state index in [1.807, 2.05) is 53.7 Å². The van der Waals surface area contributed by atoms with Crippen LogP contribution >= 0.6 is 11.8 Å². The molecule has 1 spiro atoms. The number of benzene rings is 1. The fraction of sp³-hybridized carbons (Fsp3) is 0.679. The van der Waals surface area contributed by atoms with E-state index >= 15 is 0 Å². The van der Waals surface area contributed by atoms with Crippen molar-refractivity contribution in [1.82, 2.24) is 10.2 Å². The number of amides is 3. The second-order valence-corrected chi connectivity index (χ2v) is 13.5. The highest BCUT2D eigenvalue weighted by Gasteiger charge is 2.76. The molecule has 3 amide bonds. The van der Waals surface area contributed by atoms with Gasteiger partial charge < -0.3 is 25.4 Å². The first-order valence-corrected chi connectivity index (χ1v) is 14.2. The van der Waals surface area contributed by atoms with Crippen LogP contribution in [0.15, 0.2) is 24.3 Å². The van der Waals surface area contributed by atoms with Crippen molar-refractivity contribution in [3.63, 3.8) is 0 Å². The molecule has 1 aromatic rings. The zero-order valence-electron chi connectivity index (χ0n) is 22.9. The zero-order valence-corrected chi connectivity index (χ0v) is 23.7. The van der Waals surface area contributed by atoms with Crippen LogP contribution in [0, 0.1) is 23.7 Å². The molecule has 2 bridgehead atoms. The molecule has 9 heteroatoms. The standard InChI is InChI=1S/C28H41N3O5S/c1-8-36-18-11-9-17(10-12-18)29-24(33)21-20-13-16(4)28(37-20)22(21)26(35)31(19(14-32)15(2)3)23(28)25(34)30-27(5,6)7/h9-12,15-16,19-23,32H,8,13-14H2,1-7H3,(H,29,33)(H,30,34)/t16?,19-,20+,21-,22-,23?,28?/m0/s1. The Morgan fingerprint density at radius 3 is 2.41 bits per heavy atom. The van der Waals surface area contributed by atoms with Crippen molar-refractivity contribution in [2.75, 3.05) is 18.5 Å². The number of aliphatic hydroxyl groups is 1. The molecule has 3 aliphatic rings. The van der Waals surface area contributed by atoms with E-state index in [0.717, 1.165) is 12.2 Å². The lowest BCUT2D eigenvalue weighted by molar-refractivity contribution is -0.143. The Morgan fingerprint density at radius 2 is 1.86 bits per heavy atom. The molecule has 7 atom stereocenters. The Hall–Kier alpha value is -2.26. The third kappa shape index (κ3) is 4.73. The fourth-order valence-corrected chi connectivity index (χ4v) is 8.91. The number of rotatable bonds is 8. The first-order valence-electron chi connectivity index (χ1n) is 13.3. The van der Waals surface area contributed by atoms with Crippen LogP contribution in [0.2, 0.25) is 0 Å². The van der Waals surface area contributed by atoms with Gasteiger partial charge in [-0.3, -0.25) is 14.4 Å². The molecular weight excluding hydrogens is 490 g/mol. The van der Waals surface area contributed by atoms with Gasteiger partial charge >= 0.3 is 0 Å². The van der Waals surface area contributed by atoms with Crippen LogP contribution in [0.1, 0.15) is 54.9 Å². The minimum atomic E-state index is -0.753. The lowest BCUT2D eigenvalue weighted by atomic mass is 9.65. The Balaban J connectivity index is 1.71. The van der Waals surface area contributed by atoms with Gasteiger partial charge in [0.05, 0.1) is 35.8 Å². The predicted octanol–water partition coefficient (Wildman–Crippen LogP) is 3.29. The van der Waals surface area contributed by atoms with E-state index in [1.54, 1.807) is 28.8 Å². The normalized spacial score (nSPS) is 31.4. The summed E-state index contributed by atoms with van der Waals surface area (Å²) in [7, 11) is 0. The zero-order chi connectivity index (χ0) is 27.3. The molecule has 3 N–H and O–H groups in total. The third-order valence-electron chi connectivity index (χ3n) is 7.98. The monoisotopic (exact) mass is 531 g/mol. The van der Waals surface area contributed by atoms with Gasteiger partial charge in [-0.1, -0.05) is 20.8 Å². The van der Waals surface area contributed by atoms with Crippen LogP contribution in [-0.2, 0) is 14.4 Å². The molecule has 3 fully saturated rings. The van der Waals surface area contributed by atoms with Crippen molar-refractivity contribution in [1.29, 1.82) is 0 Å². The number of nitrogens with one attached hydrogen (secondary N) is 2. The second-order valence-electron chi connectivity index (χ2n) is 12.0. The lowest BCUT2D eigenvalue weighted by Crippen LogP contribution is -2.61. The number of ether oxygens (including phenoxy) is 1. The molecule has 8 nitrogen and oxygen atoms in total. The number of fused-ring (bicyclic) bond motifs is 1. The van der Waals surface area contributed by atoms with Gasteiger partial charge in [0, 0.05) is 16.5 Å². The van der Waals surface area contributed by atoms with E-state index in [4.69, 9.17) is 4.74 Å². The summed E-state index contributed by atoms with van der Waals surface area (Å²) in [5.41, 5.74) is 0.158. The minimum Gasteiger partial charge on any atom is -0.494 e. The smallest absolute Gasteiger partial charge is 0.244 e. The van der Waals surface area contributed by atoms with Crippen molar-refractivity contribution in [2.45, 2.75) is 82.5 Å². The van der Waals surface area contributed by atoms with Crippen LogP contribution in [-0.4, -0.2) is 68.6 Å². The van der Waals surface area contributed by atoms with Gasteiger partial charge in [0.15, 0.2) is 0 Å². The predicted molar refractivity (Wildman–Crippen MR) is 145 cm³/mol. The van der Waals surface area contributed by atoms with Crippen LogP contribution < -0.4 is 15.4 Å². The number of hydrogen-bond acceptors (Lipinski definition) is 6. The van der Waals surface area contributed by atoms with Crippen molar-refractivity contribution in [3.05, 3.63) is 24.3 Å². The maximum atomic E-state index is 14.2. The summed E-state index contributed by atoms with van der Waals surface area (Å²) in [6, 6.07) is 5.95. The van der Waals surface area contributed by atoms with E-state index in [0.29, 0.717) is 12.3 Å². The number of carbonyl (C=O) groups is 3. The highest BCUT2D eigenvalue weighted by Crippen LogP contribution is 2.69. The second kappa shape index (κ2) is 10.1. The summed E-state index contributed by atoms with van der Waals surface area (Å²) in [5.74, 6) is -1.05. The summed E-state index contributed by atoms with van der Waals surface area (Å²) >= 11 is 1.64. The maximum Gasteiger partial charge on any atom is 0.244 e. The lowest BCUT2D eigenvalue weighted by Gasteiger charge is -2.41. The molecule has 3 aliphatic heterocycles. The molecule has 0 aliphatic carbocycles. The average Bonchev–Trinajstić information content (AvgIpc) is 3.38. The first kappa shape index (κ1) is 27.8. The molecule has 3 saturated heterocycles. The highest BCUT2D eigenvalue weighted by atomic mass is 32.2. The summed E-state index contributed by atoms with van der Waals surface area (Å²) in [4.78, 5) is 43.4. The van der Waals surface area contributed by atoms with Gasteiger partial charge in [-0.25, -0.2) is 0 Å². The van der Waals surface area contributed by atoms with Crippen molar-refractivity contribution >= 4 is 35.2 Å². The molecule has 0 aromatic heterocycles. The summed E-state index contributed by atoms with van der Waals surface area (Å²) in [6.45, 7) is 14.0. The van der Waals surface area contributed by atoms with Gasteiger partial charge in [-0.05, 0) is 70.2 Å². The number of thioether (sulfide) groups is 1. The van der Waals surface area contributed by atoms with Crippen molar-refractivity contribution in [3.8, 4) is 5.75 Å². The van der Waals surface area contributed by atoms with E-state index in [2.05, 4.69) is 17.6 Å². The number of likely N-dealkylation sites (tertiary alicyclic amines) is 1. The van der Waals surface area contributed by atoms with Gasteiger partial charge in [0.2, 0.25) is 17.7 Å². The quantitative estimate of drug-likeness (QED) is 0.475. The van der Waals surface area contributed by atoms with Crippen LogP contribution in [0.3, 0.4) is 0 Å². The van der Waals surface area contributed by atoms with Gasteiger partial charge in [0.25, 0.3) is 0 Å².